The van der Waals surface area contributed by atoms with Gasteiger partial charge in [-0.15, -0.1) is 0 Å². The van der Waals surface area contributed by atoms with E-state index in [1.807, 2.05) is 0 Å². The Balaban J connectivity index is 1.98. The van der Waals surface area contributed by atoms with Gasteiger partial charge in [-0.05, 0) is 55.7 Å². The molecular weight excluding hydrogens is 260 g/mol. The molecule has 1 aliphatic rings. The van der Waals surface area contributed by atoms with Gasteiger partial charge in [0.05, 0.1) is 6.61 Å². The molecule has 1 unspecified atom stereocenters. The SMILES string of the molecule is CCc1cc(C)cc(CC)c1/C=C/COC1CCCCO1. The summed E-state index contributed by atoms with van der Waals surface area (Å²) in [6, 6.07) is 4.59. The average Bonchev–Trinajstić information content (AvgIpc) is 2.52. The molecule has 1 fully saturated rings. The lowest BCUT2D eigenvalue weighted by Gasteiger charge is -2.22. The maximum atomic E-state index is 5.77. The summed E-state index contributed by atoms with van der Waals surface area (Å²) < 4.78 is 11.3. The lowest BCUT2D eigenvalue weighted by Crippen LogP contribution is -2.22. The molecule has 2 rings (SSSR count). The maximum Gasteiger partial charge on any atom is 0.157 e. The fourth-order valence-electron chi connectivity index (χ4n) is 2.92. The minimum Gasteiger partial charge on any atom is -0.353 e. The van der Waals surface area contributed by atoms with Gasteiger partial charge in [-0.25, -0.2) is 0 Å². The van der Waals surface area contributed by atoms with Crippen molar-refractivity contribution in [3.8, 4) is 0 Å². The second-order valence-electron chi connectivity index (χ2n) is 5.74. The van der Waals surface area contributed by atoms with Gasteiger partial charge in [-0.1, -0.05) is 43.7 Å². The van der Waals surface area contributed by atoms with Gasteiger partial charge in [0.1, 0.15) is 0 Å². The molecule has 1 atom stereocenters. The highest BCUT2D eigenvalue weighted by atomic mass is 16.7. The van der Waals surface area contributed by atoms with Gasteiger partial charge >= 0.3 is 0 Å². The van der Waals surface area contributed by atoms with Crippen molar-refractivity contribution >= 4 is 6.08 Å². The lowest BCUT2D eigenvalue weighted by atomic mass is 9.94. The molecule has 116 valence electrons. The molecule has 0 bridgehead atoms. The number of rotatable bonds is 6. The summed E-state index contributed by atoms with van der Waals surface area (Å²) in [5.74, 6) is 0. The molecule has 1 aromatic carbocycles. The number of aryl methyl sites for hydroxylation is 3. The topological polar surface area (TPSA) is 18.5 Å². The third kappa shape index (κ3) is 4.69. The van der Waals surface area contributed by atoms with Crippen molar-refractivity contribution in [1.29, 1.82) is 0 Å². The van der Waals surface area contributed by atoms with E-state index in [0.717, 1.165) is 25.9 Å². The van der Waals surface area contributed by atoms with Crippen LogP contribution in [0.5, 0.6) is 0 Å². The molecule has 0 saturated carbocycles. The summed E-state index contributed by atoms with van der Waals surface area (Å²) in [5.41, 5.74) is 5.58. The molecule has 0 amide bonds. The van der Waals surface area contributed by atoms with E-state index in [4.69, 9.17) is 9.47 Å². The second-order valence-corrected chi connectivity index (χ2v) is 5.74. The Labute approximate surface area is 129 Å². The van der Waals surface area contributed by atoms with Crippen molar-refractivity contribution in [3.05, 3.63) is 40.5 Å². The van der Waals surface area contributed by atoms with E-state index >= 15 is 0 Å². The third-order valence-electron chi connectivity index (χ3n) is 4.06. The molecule has 2 heteroatoms. The zero-order valence-corrected chi connectivity index (χ0v) is 13.7. The molecule has 0 aliphatic carbocycles. The van der Waals surface area contributed by atoms with Crippen molar-refractivity contribution in [2.24, 2.45) is 0 Å². The van der Waals surface area contributed by atoms with Crippen LogP contribution in [0, 0.1) is 6.92 Å². The number of hydrogen-bond acceptors (Lipinski definition) is 2. The predicted molar refractivity (Wildman–Crippen MR) is 88.5 cm³/mol. The van der Waals surface area contributed by atoms with E-state index in [1.165, 1.54) is 35.1 Å². The molecule has 0 spiro atoms. The molecule has 2 nitrogen and oxygen atoms in total. The fraction of sp³-hybridized carbons (Fsp3) is 0.579. The summed E-state index contributed by atoms with van der Waals surface area (Å²) in [5, 5.41) is 0. The highest BCUT2D eigenvalue weighted by Gasteiger charge is 2.12. The first-order valence-electron chi connectivity index (χ1n) is 8.26. The van der Waals surface area contributed by atoms with E-state index < -0.39 is 0 Å². The molecule has 1 saturated heterocycles. The molecule has 21 heavy (non-hydrogen) atoms. The van der Waals surface area contributed by atoms with Crippen molar-refractivity contribution < 1.29 is 9.47 Å². The van der Waals surface area contributed by atoms with Gasteiger partial charge in [-0.2, -0.15) is 0 Å². The van der Waals surface area contributed by atoms with E-state index in [1.54, 1.807) is 0 Å². The minimum atomic E-state index is -0.00212. The Morgan fingerprint density at radius 3 is 2.48 bits per heavy atom. The Morgan fingerprint density at radius 1 is 1.19 bits per heavy atom. The van der Waals surface area contributed by atoms with Crippen molar-refractivity contribution in [3.63, 3.8) is 0 Å². The van der Waals surface area contributed by atoms with Gasteiger partial charge in [0, 0.05) is 6.61 Å². The first kappa shape index (κ1) is 16.3. The normalized spacial score (nSPS) is 19.3. The average molecular weight is 288 g/mol. The fourth-order valence-corrected chi connectivity index (χ4v) is 2.92. The third-order valence-corrected chi connectivity index (χ3v) is 4.06. The first-order chi connectivity index (χ1) is 10.2. The summed E-state index contributed by atoms with van der Waals surface area (Å²) >= 11 is 0. The number of benzene rings is 1. The van der Waals surface area contributed by atoms with Crippen LogP contribution >= 0.6 is 0 Å². The van der Waals surface area contributed by atoms with Crippen LogP contribution < -0.4 is 0 Å². The van der Waals surface area contributed by atoms with Crippen LogP contribution in [0.2, 0.25) is 0 Å². The van der Waals surface area contributed by atoms with E-state index in [-0.39, 0.29) is 6.29 Å². The number of hydrogen-bond donors (Lipinski definition) is 0. The zero-order chi connectivity index (χ0) is 15.1. The van der Waals surface area contributed by atoms with Gasteiger partial charge < -0.3 is 9.47 Å². The summed E-state index contributed by atoms with van der Waals surface area (Å²) in [6.45, 7) is 8.09. The van der Waals surface area contributed by atoms with Crippen LogP contribution in [0.4, 0.5) is 0 Å². The highest BCUT2D eigenvalue weighted by molar-refractivity contribution is 5.59. The monoisotopic (exact) mass is 288 g/mol. The second kappa shape index (κ2) is 8.35. The molecule has 1 heterocycles. The van der Waals surface area contributed by atoms with Crippen molar-refractivity contribution in [2.45, 2.75) is 59.2 Å². The molecule has 1 aromatic rings. The molecule has 0 aromatic heterocycles. The van der Waals surface area contributed by atoms with Crippen molar-refractivity contribution in [2.75, 3.05) is 13.2 Å². The van der Waals surface area contributed by atoms with Gasteiger partial charge in [-0.3, -0.25) is 0 Å². The molecular formula is C19H28O2. The van der Waals surface area contributed by atoms with Crippen LogP contribution in [0.15, 0.2) is 18.2 Å². The van der Waals surface area contributed by atoms with Crippen LogP contribution in [0.1, 0.15) is 55.4 Å². The van der Waals surface area contributed by atoms with Gasteiger partial charge in [0.25, 0.3) is 0 Å². The zero-order valence-electron chi connectivity index (χ0n) is 13.7. The van der Waals surface area contributed by atoms with Crippen LogP contribution in [0.3, 0.4) is 0 Å². The van der Waals surface area contributed by atoms with Crippen molar-refractivity contribution in [1.82, 2.24) is 0 Å². The quantitative estimate of drug-likeness (QED) is 0.757. The lowest BCUT2D eigenvalue weighted by molar-refractivity contribution is -0.155. The molecule has 0 N–H and O–H groups in total. The summed E-state index contributed by atoms with van der Waals surface area (Å²) in [4.78, 5) is 0. The molecule has 0 radical (unpaired) electrons. The Kier molecular flexibility index (Phi) is 6.47. The van der Waals surface area contributed by atoms with E-state index in [0.29, 0.717) is 6.61 Å². The smallest absolute Gasteiger partial charge is 0.157 e. The first-order valence-corrected chi connectivity index (χ1v) is 8.26. The summed E-state index contributed by atoms with van der Waals surface area (Å²) in [6.07, 6.45) is 9.89. The van der Waals surface area contributed by atoms with Crippen LogP contribution in [0.25, 0.3) is 6.08 Å². The standard InChI is InChI=1S/C19H28O2/c1-4-16-13-15(3)14-17(5-2)18(16)9-8-12-21-19-10-6-7-11-20-19/h8-9,13-14,19H,4-7,10-12H2,1-3H3/b9-8+. The summed E-state index contributed by atoms with van der Waals surface area (Å²) in [7, 11) is 0. The number of ether oxygens (including phenoxy) is 2. The minimum absolute atomic E-state index is 0.00212. The Morgan fingerprint density at radius 2 is 1.90 bits per heavy atom. The highest BCUT2D eigenvalue weighted by Crippen LogP contribution is 2.21. The van der Waals surface area contributed by atoms with E-state index in [9.17, 15) is 0 Å². The van der Waals surface area contributed by atoms with Gasteiger partial charge in [0.2, 0.25) is 0 Å². The molecule has 1 aliphatic heterocycles. The Hall–Kier alpha value is -1.12. The van der Waals surface area contributed by atoms with Crippen LogP contribution in [-0.4, -0.2) is 19.5 Å². The van der Waals surface area contributed by atoms with E-state index in [2.05, 4.69) is 45.1 Å². The largest absolute Gasteiger partial charge is 0.353 e. The van der Waals surface area contributed by atoms with Gasteiger partial charge in [0.15, 0.2) is 6.29 Å². The predicted octanol–water partition coefficient (Wildman–Crippen LogP) is 4.68. The van der Waals surface area contributed by atoms with Crippen LogP contribution in [-0.2, 0) is 22.3 Å². The maximum absolute atomic E-state index is 5.77. The Bertz CT molecular complexity index is 445.